The smallest absolute Gasteiger partial charge is 0.269 e. The van der Waals surface area contributed by atoms with Gasteiger partial charge in [0.2, 0.25) is 10.0 Å². The second-order valence-electron chi connectivity index (χ2n) is 10.5. The van der Waals surface area contributed by atoms with Gasteiger partial charge in [0.1, 0.15) is 0 Å². The Morgan fingerprint density at radius 2 is 1.86 bits per heavy atom. The molecule has 0 saturated carbocycles. The molecule has 0 unspecified atom stereocenters. The van der Waals surface area contributed by atoms with E-state index in [0.717, 1.165) is 37.8 Å². The lowest BCUT2D eigenvalue weighted by Gasteiger charge is -2.30. The fraction of sp³-hybridized carbons (Fsp3) is 0.600. The maximum Gasteiger partial charge on any atom is 0.269 e. The van der Waals surface area contributed by atoms with Crippen LogP contribution >= 0.6 is 0 Å². The van der Waals surface area contributed by atoms with Gasteiger partial charge in [0.15, 0.2) is 5.78 Å². The summed E-state index contributed by atoms with van der Waals surface area (Å²) in [6.07, 6.45) is 6.72. The lowest BCUT2D eigenvalue weighted by Crippen LogP contribution is -2.33. The minimum Gasteiger partial charge on any atom is -0.294 e. The van der Waals surface area contributed by atoms with Gasteiger partial charge in [-0.15, -0.1) is 0 Å². The summed E-state index contributed by atoms with van der Waals surface area (Å²) in [5.74, 6) is 0.0330. The number of carbonyl (C=O) groups is 1. The maximum absolute atomic E-state index is 13.5. The number of nitro benzene ring substituents is 1. The van der Waals surface area contributed by atoms with Crippen LogP contribution in [0.25, 0.3) is 0 Å². The van der Waals surface area contributed by atoms with E-state index >= 15 is 0 Å². The van der Waals surface area contributed by atoms with E-state index in [-0.39, 0.29) is 21.8 Å². The molecule has 2 aliphatic rings. The molecule has 0 spiro atoms. The summed E-state index contributed by atoms with van der Waals surface area (Å²) in [5, 5.41) is 15.9. The van der Waals surface area contributed by atoms with Gasteiger partial charge in [0.05, 0.1) is 32.8 Å². The fourth-order valence-electron chi connectivity index (χ4n) is 5.32. The van der Waals surface area contributed by atoms with Gasteiger partial charge in [-0.2, -0.15) is 9.40 Å². The number of Topliss-reactive ketones (excluding diaryl/α,β-unsaturated/α-hetero) is 1. The molecule has 0 radical (unpaired) electrons. The lowest BCUT2D eigenvalue weighted by molar-refractivity contribution is -0.384. The molecule has 0 amide bonds. The zero-order valence-corrected chi connectivity index (χ0v) is 21.5. The number of sulfonamides is 1. The van der Waals surface area contributed by atoms with Crippen LogP contribution in [-0.4, -0.2) is 39.8 Å². The normalized spacial score (nSPS) is 20.2. The molecule has 1 atom stereocenters. The minimum absolute atomic E-state index is 0.00956. The van der Waals surface area contributed by atoms with Gasteiger partial charge in [-0.05, 0) is 43.2 Å². The third-order valence-electron chi connectivity index (χ3n) is 7.05. The Kier molecular flexibility index (Phi) is 7.15. The van der Waals surface area contributed by atoms with Crippen molar-refractivity contribution in [2.75, 3.05) is 6.54 Å². The molecule has 4 rings (SSSR count). The Hall–Kier alpha value is -2.59. The van der Waals surface area contributed by atoms with Crippen LogP contribution < -0.4 is 0 Å². The van der Waals surface area contributed by atoms with Crippen LogP contribution in [0.3, 0.4) is 0 Å². The number of unbranched alkanes of at least 4 members (excludes halogenated alkanes) is 3. The van der Waals surface area contributed by atoms with E-state index in [0.29, 0.717) is 43.6 Å². The van der Waals surface area contributed by atoms with Crippen LogP contribution in [0.2, 0.25) is 0 Å². The number of aromatic nitrogens is 2. The summed E-state index contributed by atoms with van der Waals surface area (Å²) >= 11 is 0. The van der Waals surface area contributed by atoms with Crippen molar-refractivity contribution in [3.8, 4) is 0 Å². The number of aryl methyl sites for hydroxylation is 1. The average Bonchev–Trinajstić information content (AvgIpc) is 3.41. The van der Waals surface area contributed by atoms with Crippen molar-refractivity contribution in [3.63, 3.8) is 0 Å². The Morgan fingerprint density at radius 3 is 2.51 bits per heavy atom. The maximum atomic E-state index is 13.5. The summed E-state index contributed by atoms with van der Waals surface area (Å²) in [6.45, 7) is 7.37. The minimum atomic E-state index is -3.91. The number of rotatable bonds is 9. The first-order chi connectivity index (χ1) is 16.5. The van der Waals surface area contributed by atoms with Crippen molar-refractivity contribution in [2.24, 2.45) is 5.41 Å². The first-order valence-electron chi connectivity index (χ1n) is 12.4. The molecule has 35 heavy (non-hydrogen) atoms. The quantitative estimate of drug-likeness (QED) is 0.269. The molecule has 1 saturated heterocycles. The van der Waals surface area contributed by atoms with Crippen molar-refractivity contribution in [1.29, 1.82) is 0 Å². The number of nitro groups is 1. The highest BCUT2D eigenvalue weighted by atomic mass is 32.2. The molecule has 0 bridgehead atoms. The van der Waals surface area contributed by atoms with Gasteiger partial charge in [0.25, 0.3) is 5.69 Å². The highest BCUT2D eigenvalue weighted by molar-refractivity contribution is 7.89. The van der Waals surface area contributed by atoms with E-state index in [4.69, 9.17) is 5.10 Å². The highest BCUT2D eigenvalue weighted by Crippen LogP contribution is 2.43. The lowest BCUT2D eigenvalue weighted by atomic mass is 9.75. The molecular formula is C25H34N4O5S. The first kappa shape index (κ1) is 25.5. The van der Waals surface area contributed by atoms with E-state index in [9.17, 15) is 23.3 Å². The van der Waals surface area contributed by atoms with Crippen LogP contribution in [0, 0.1) is 15.5 Å². The number of hydrogen-bond acceptors (Lipinski definition) is 6. The molecule has 0 N–H and O–H groups in total. The van der Waals surface area contributed by atoms with Crippen molar-refractivity contribution < 1.29 is 18.1 Å². The largest absolute Gasteiger partial charge is 0.294 e. The van der Waals surface area contributed by atoms with E-state index < -0.39 is 21.0 Å². The fourth-order valence-corrected chi connectivity index (χ4v) is 6.98. The summed E-state index contributed by atoms with van der Waals surface area (Å²) in [5.41, 5.74) is 1.78. The number of carbonyl (C=O) groups excluding carboxylic acids is 1. The van der Waals surface area contributed by atoms with Gasteiger partial charge >= 0.3 is 0 Å². The van der Waals surface area contributed by atoms with Crippen molar-refractivity contribution >= 4 is 21.5 Å². The van der Waals surface area contributed by atoms with E-state index in [1.165, 1.54) is 28.6 Å². The van der Waals surface area contributed by atoms with Crippen LogP contribution in [0.1, 0.15) is 93.5 Å². The van der Waals surface area contributed by atoms with E-state index in [1.54, 1.807) is 0 Å². The van der Waals surface area contributed by atoms with Crippen LogP contribution in [0.4, 0.5) is 5.69 Å². The molecule has 9 nitrogen and oxygen atoms in total. The summed E-state index contributed by atoms with van der Waals surface area (Å²) in [6, 6.07) is 4.44. The second-order valence-corrected chi connectivity index (χ2v) is 12.3. The van der Waals surface area contributed by atoms with Gasteiger partial charge in [0, 0.05) is 31.6 Å². The zero-order chi connectivity index (χ0) is 25.4. The van der Waals surface area contributed by atoms with Crippen molar-refractivity contribution in [2.45, 2.75) is 89.6 Å². The number of hydrogen-bond donors (Lipinski definition) is 0. The van der Waals surface area contributed by atoms with E-state index in [1.807, 2.05) is 4.68 Å². The van der Waals surface area contributed by atoms with Gasteiger partial charge < -0.3 is 0 Å². The standard InChI is InChI=1S/C25H34N4O5S/c1-4-5-6-7-14-27-21-16-25(2,3)17-22(30)23(21)24(26-27)20-9-8-15-28(20)35(33,34)19-12-10-18(11-13-19)29(31)32/h10-13,20H,4-9,14-17H2,1-3H3/t20-/m1/s1. The second kappa shape index (κ2) is 9.81. The Labute approximate surface area is 206 Å². The third-order valence-corrected chi connectivity index (χ3v) is 8.97. The molecule has 10 heteroatoms. The summed E-state index contributed by atoms with van der Waals surface area (Å²) < 4.78 is 30.5. The molecular weight excluding hydrogens is 468 g/mol. The van der Waals surface area contributed by atoms with Crippen LogP contribution in [-0.2, 0) is 23.0 Å². The van der Waals surface area contributed by atoms with Crippen LogP contribution in [0.5, 0.6) is 0 Å². The number of non-ortho nitro benzene ring substituents is 1. The number of nitrogens with zero attached hydrogens (tertiary/aromatic N) is 4. The number of ketones is 1. The number of benzene rings is 1. The third kappa shape index (κ3) is 5.04. The monoisotopic (exact) mass is 502 g/mol. The summed E-state index contributed by atoms with van der Waals surface area (Å²) in [7, 11) is -3.91. The van der Waals surface area contributed by atoms with Crippen molar-refractivity contribution in [1.82, 2.24) is 14.1 Å². The molecule has 1 aliphatic carbocycles. The predicted octanol–water partition coefficient (Wildman–Crippen LogP) is 5.05. The molecule has 1 aliphatic heterocycles. The highest BCUT2D eigenvalue weighted by Gasteiger charge is 2.43. The van der Waals surface area contributed by atoms with Gasteiger partial charge in [-0.1, -0.05) is 40.0 Å². The SMILES string of the molecule is CCCCCCn1nc([C@H]2CCCN2S(=O)(=O)c2ccc([N+](=O)[O-])cc2)c2c1CC(C)(C)CC2=O. The molecule has 1 aromatic heterocycles. The Morgan fingerprint density at radius 1 is 1.14 bits per heavy atom. The summed E-state index contributed by atoms with van der Waals surface area (Å²) in [4.78, 5) is 23.8. The molecule has 2 heterocycles. The van der Waals surface area contributed by atoms with Crippen molar-refractivity contribution in [3.05, 3.63) is 51.3 Å². The number of fused-ring (bicyclic) bond motifs is 1. The molecule has 2 aromatic rings. The zero-order valence-electron chi connectivity index (χ0n) is 20.7. The first-order valence-corrected chi connectivity index (χ1v) is 13.9. The van der Waals surface area contributed by atoms with E-state index in [2.05, 4.69) is 20.8 Å². The van der Waals surface area contributed by atoms with Gasteiger partial charge in [-0.25, -0.2) is 8.42 Å². The average molecular weight is 503 g/mol. The molecule has 1 fully saturated rings. The predicted molar refractivity (Wildman–Crippen MR) is 132 cm³/mol. The Bertz CT molecular complexity index is 1220. The van der Waals surface area contributed by atoms with Crippen LogP contribution in [0.15, 0.2) is 29.2 Å². The molecule has 190 valence electrons. The molecule has 1 aromatic carbocycles. The van der Waals surface area contributed by atoms with Gasteiger partial charge in [-0.3, -0.25) is 19.6 Å². The Balaban J connectivity index is 1.71. The topological polar surface area (TPSA) is 115 Å².